The Hall–Kier alpha value is -2.39. The number of rotatable bonds is 4. The zero-order valence-corrected chi connectivity index (χ0v) is 13.3. The molecule has 1 aliphatic rings. The lowest BCUT2D eigenvalue weighted by atomic mass is 9.89. The molecule has 2 aromatic carbocycles. The molecule has 4 N–H and O–H groups in total. The van der Waals surface area contributed by atoms with Crippen LogP contribution < -0.4 is 11.1 Å². The quantitative estimate of drug-likeness (QED) is 0.599. The minimum atomic E-state index is 0.121. The van der Waals surface area contributed by atoms with Gasteiger partial charge in [0.05, 0.1) is 0 Å². The first-order valence-corrected chi connectivity index (χ1v) is 8.14. The molecular formula is C20H23N3. The van der Waals surface area contributed by atoms with Gasteiger partial charge in [0.1, 0.15) is 5.84 Å². The molecule has 3 rings (SSSR count). The van der Waals surface area contributed by atoms with Crippen molar-refractivity contribution in [3.05, 3.63) is 76.9 Å². The molecule has 3 heteroatoms. The van der Waals surface area contributed by atoms with Crippen LogP contribution in [-0.4, -0.2) is 18.9 Å². The highest BCUT2D eigenvalue weighted by atomic mass is 14.9. The Morgan fingerprint density at radius 1 is 0.913 bits per heavy atom. The number of nitrogen functional groups attached to an aromatic ring is 1. The number of nitrogens with two attached hydrogens (primary N) is 1. The first-order chi connectivity index (χ1) is 11.2. The van der Waals surface area contributed by atoms with E-state index in [0.717, 1.165) is 37.9 Å². The summed E-state index contributed by atoms with van der Waals surface area (Å²) < 4.78 is 0. The van der Waals surface area contributed by atoms with Gasteiger partial charge in [-0.05, 0) is 49.1 Å². The van der Waals surface area contributed by atoms with Crippen molar-refractivity contribution in [3.8, 4) is 0 Å². The number of allylic oxidation sites excluding steroid dienone is 1. The van der Waals surface area contributed by atoms with Crippen molar-refractivity contribution in [2.75, 3.05) is 13.1 Å². The summed E-state index contributed by atoms with van der Waals surface area (Å²) >= 11 is 0. The van der Waals surface area contributed by atoms with Gasteiger partial charge in [-0.2, -0.15) is 0 Å². The average molecular weight is 305 g/mol. The van der Waals surface area contributed by atoms with Crippen LogP contribution in [0.3, 0.4) is 0 Å². The van der Waals surface area contributed by atoms with Crippen molar-refractivity contribution in [2.24, 2.45) is 5.73 Å². The van der Waals surface area contributed by atoms with Crippen LogP contribution in [0.4, 0.5) is 0 Å². The smallest absolute Gasteiger partial charge is 0.122 e. The molecule has 2 aromatic rings. The third kappa shape index (κ3) is 3.88. The van der Waals surface area contributed by atoms with Crippen LogP contribution in [-0.2, 0) is 6.42 Å². The molecule has 0 saturated carbocycles. The predicted octanol–water partition coefficient (Wildman–Crippen LogP) is 3.35. The second-order valence-electron chi connectivity index (χ2n) is 5.99. The van der Waals surface area contributed by atoms with Gasteiger partial charge < -0.3 is 11.1 Å². The van der Waals surface area contributed by atoms with E-state index in [1.165, 1.54) is 16.7 Å². The lowest BCUT2D eigenvalue weighted by Crippen LogP contribution is -2.24. The molecule has 0 radical (unpaired) electrons. The van der Waals surface area contributed by atoms with Crippen molar-refractivity contribution in [3.63, 3.8) is 0 Å². The maximum atomic E-state index is 7.55. The number of hydrogen-bond acceptors (Lipinski definition) is 2. The Morgan fingerprint density at radius 2 is 1.52 bits per heavy atom. The molecule has 118 valence electrons. The third-order valence-electron chi connectivity index (χ3n) is 4.40. The zero-order chi connectivity index (χ0) is 16.1. The Bertz CT molecular complexity index is 691. The van der Waals surface area contributed by atoms with Crippen molar-refractivity contribution in [1.29, 1.82) is 5.41 Å². The summed E-state index contributed by atoms with van der Waals surface area (Å²) in [6, 6.07) is 18.7. The fourth-order valence-electron chi connectivity index (χ4n) is 3.11. The fourth-order valence-corrected chi connectivity index (χ4v) is 3.11. The standard InChI is InChI=1S/C20H23N3/c21-20(22)18-8-6-16(7-9-18)19(17-10-12-23-13-11-17)14-15-4-2-1-3-5-15/h1-9,23H,10-14H2,(H3,21,22). The highest BCUT2D eigenvalue weighted by Crippen LogP contribution is 2.28. The van der Waals surface area contributed by atoms with Gasteiger partial charge in [-0.15, -0.1) is 0 Å². The first kappa shape index (κ1) is 15.5. The van der Waals surface area contributed by atoms with Crippen molar-refractivity contribution in [1.82, 2.24) is 5.32 Å². The molecule has 0 spiro atoms. The van der Waals surface area contributed by atoms with Crippen LogP contribution in [0.5, 0.6) is 0 Å². The molecule has 1 saturated heterocycles. The lowest BCUT2D eigenvalue weighted by Gasteiger charge is -2.21. The topological polar surface area (TPSA) is 61.9 Å². The highest BCUT2D eigenvalue weighted by molar-refractivity contribution is 5.95. The van der Waals surface area contributed by atoms with Crippen LogP contribution in [0.15, 0.2) is 60.2 Å². The van der Waals surface area contributed by atoms with Crippen LogP contribution >= 0.6 is 0 Å². The maximum Gasteiger partial charge on any atom is 0.122 e. The maximum absolute atomic E-state index is 7.55. The largest absolute Gasteiger partial charge is 0.384 e. The molecule has 0 bridgehead atoms. The Balaban J connectivity index is 1.96. The van der Waals surface area contributed by atoms with E-state index in [1.807, 2.05) is 12.1 Å². The van der Waals surface area contributed by atoms with E-state index in [1.54, 1.807) is 5.57 Å². The lowest BCUT2D eigenvalue weighted by molar-refractivity contribution is 0.610. The molecule has 0 aromatic heterocycles. The summed E-state index contributed by atoms with van der Waals surface area (Å²) in [5.74, 6) is 0.121. The van der Waals surface area contributed by atoms with Gasteiger partial charge in [-0.1, -0.05) is 60.2 Å². The van der Waals surface area contributed by atoms with Crippen molar-refractivity contribution in [2.45, 2.75) is 19.3 Å². The number of benzene rings is 2. The van der Waals surface area contributed by atoms with E-state index in [4.69, 9.17) is 11.1 Å². The van der Waals surface area contributed by atoms with Gasteiger partial charge in [-0.25, -0.2) is 0 Å². The van der Waals surface area contributed by atoms with Crippen LogP contribution in [0, 0.1) is 5.41 Å². The normalized spacial score (nSPS) is 14.5. The summed E-state index contributed by atoms with van der Waals surface area (Å²) in [7, 11) is 0. The molecule has 0 atom stereocenters. The number of amidine groups is 1. The molecule has 1 fully saturated rings. The minimum absolute atomic E-state index is 0.121. The van der Waals surface area contributed by atoms with Crippen molar-refractivity contribution >= 4 is 11.4 Å². The van der Waals surface area contributed by atoms with E-state index in [2.05, 4.69) is 47.8 Å². The number of nitrogens with one attached hydrogen (secondary N) is 2. The van der Waals surface area contributed by atoms with Crippen LogP contribution in [0.25, 0.3) is 5.57 Å². The summed E-state index contributed by atoms with van der Waals surface area (Å²) in [6.45, 7) is 2.11. The predicted molar refractivity (Wildman–Crippen MR) is 96.6 cm³/mol. The molecular weight excluding hydrogens is 282 g/mol. The molecule has 0 aliphatic carbocycles. The van der Waals surface area contributed by atoms with E-state index in [-0.39, 0.29) is 5.84 Å². The monoisotopic (exact) mass is 305 g/mol. The zero-order valence-electron chi connectivity index (χ0n) is 13.3. The molecule has 0 amide bonds. The van der Waals surface area contributed by atoms with E-state index >= 15 is 0 Å². The van der Waals surface area contributed by atoms with E-state index < -0.39 is 0 Å². The molecule has 1 heterocycles. The summed E-state index contributed by atoms with van der Waals surface area (Å²) in [5.41, 5.74) is 11.9. The highest BCUT2D eigenvalue weighted by Gasteiger charge is 2.13. The third-order valence-corrected chi connectivity index (χ3v) is 4.40. The SMILES string of the molecule is N=C(N)c1ccc(C(Cc2ccccc2)=C2CCNCC2)cc1. The molecule has 1 aliphatic heterocycles. The van der Waals surface area contributed by atoms with Gasteiger partial charge in [0.2, 0.25) is 0 Å². The Labute approximate surface area is 137 Å². The van der Waals surface area contributed by atoms with Crippen LogP contribution in [0.2, 0.25) is 0 Å². The van der Waals surface area contributed by atoms with Gasteiger partial charge >= 0.3 is 0 Å². The summed E-state index contributed by atoms with van der Waals surface area (Å²) in [5, 5.41) is 11.0. The first-order valence-electron chi connectivity index (χ1n) is 8.14. The molecule has 3 nitrogen and oxygen atoms in total. The number of piperidine rings is 1. The summed E-state index contributed by atoms with van der Waals surface area (Å²) in [6.07, 6.45) is 3.17. The molecule has 23 heavy (non-hydrogen) atoms. The van der Waals surface area contributed by atoms with Gasteiger partial charge in [-0.3, -0.25) is 5.41 Å². The second-order valence-corrected chi connectivity index (χ2v) is 5.99. The average Bonchev–Trinajstić information content (AvgIpc) is 2.61. The van der Waals surface area contributed by atoms with Crippen LogP contribution in [0.1, 0.15) is 29.5 Å². The van der Waals surface area contributed by atoms with Gasteiger partial charge in [0.25, 0.3) is 0 Å². The fraction of sp³-hybridized carbons (Fsp3) is 0.250. The van der Waals surface area contributed by atoms with E-state index in [0.29, 0.717) is 0 Å². The minimum Gasteiger partial charge on any atom is -0.384 e. The number of hydrogen-bond donors (Lipinski definition) is 3. The summed E-state index contributed by atoms with van der Waals surface area (Å²) in [4.78, 5) is 0. The van der Waals surface area contributed by atoms with Gasteiger partial charge in [0.15, 0.2) is 0 Å². The Morgan fingerprint density at radius 3 is 2.13 bits per heavy atom. The molecule has 0 unspecified atom stereocenters. The Kier molecular flexibility index (Phi) is 4.89. The second kappa shape index (κ2) is 7.25. The van der Waals surface area contributed by atoms with Crippen molar-refractivity contribution < 1.29 is 0 Å². The van der Waals surface area contributed by atoms with E-state index in [9.17, 15) is 0 Å². The van der Waals surface area contributed by atoms with Gasteiger partial charge in [0, 0.05) is 5.56 Å².